The number of fused-ring (bicyclic) bond motifs is 1. The number of imidazole rings is 1. The molecule has 0 unspecified atom stereocenters. The second-order valence-corrected chi connectivity index (χ2v) is 9.00. The first-order valence-electron chi connectivity index (χ1n) is 12.5. The number of anilines is 3. The fraction of sp³-hybridized carbons (Fsp3) is 0.214. The zero-order chi connectivity index (χ0) is 25.0. The van der Waals surface area contributed by atoms with E-state index in [1.165, 1.54) is 0 Å². The molecule has 1 aliphatic rings. The minimum Gasteiger partial charge on any atom is -0.508 e. The fourth-order valence-corrected chi connectivity index (χ4v) is 4.59. The smallest absolute Gasteiger partial charge is 0.229 e. The zero-order valence-electron chi connectivity index (χ0n) is 20.4. The lowest BCUT2D eigenvalue weighted by atomic mass is 10.1. The molecule has 4 heterocycles. The molecule has 1 aliphatic heterocycles. The third-order valence-corrected chi connectivity index (χ3v) is 6.60. The van der Waals surface area contributed by atoms with Gasteiger partial charge >= 0.3 is 0 Å². The zero-order valence-corrected chi connectivity index (χ0v) is 20.4. The lowest BCUT2D eigenvalue weighted by molar-refractivity contribution is 0.475. The standard InChI is InChI=1S/C28H28N8O/c37-23-11-9-21(10-12-23)13-15-30-26-25-27(36(20-31-25)22-6-2-1-3-7-22)33-28(32-26)35-18-16-34(17-19-35)24-8-4-5-14-29-24/h1-12,14,20,37H,13,15-19H2,(H,30,32,33). The van der Waals surface area contributed by atoms with E-state index < -0.39 is 0 Å². The summed E-state index contributed by atoms with van der Waals surface area (Å²) in [6, 6.07) is 23.4. The summed E-state index contributed by atoms with van der Waals surface area (Å²) >= 11 is 0. The molecule has 2 N–H and O–H groups in total. The number of phenolic OH excluding ortho intramolecular Hbond substituents is 1. The molecule has 9 nitrogen and oxygen atoms in total. The Morgan fingerprint density at radius 1 is 0.784 bits per heavy atom. The summed E-state index contributed by atoms with van der Waals surface area (Å²) in [4.78, 5) is 23.6. The minimum atomic E-state index is 0.272. The Labute approximate surface area is 215 Å². The Morgan fingerprint density at radius 3 is 2.30 bits per heavy atom. The molecule has 1 saturated heterocycles. The summed E-state index contributed by atoms with van der Waals surface area (Å²) in [5, 5.41) is 13.0. The summed E-state index contributed by atoms with van der Waals surface area (Å²) in [5.74, 6) is 2.68. The van der Waals surface area contributed by atoms with Gasteiger partial charge in [-0.1, -0.05) is 36.4 Å². The van der Waals surface area contributed by atoms with Crippen molar-refractivity contribution >= 4 is 28.7 Å². The van der Waals surface area contributed by atoms with E-state index in [0.717, 1.165) is 66.7 Å². The van der Waals surface area contributed by atoms with E-state index in [2.05, 4.69) is 25.1 Å². The first-order chi connectivity index (χ1) is 18.2. The van der Waals surface area contributed by atoms with Gasteiger partial charge in [0.15, 0.2) is 17.0 Å². The van der Waals surface area contributed by atoms with E-state index in [1.54, 1.807) is 12.1 Å². The van der Waals surface area contributed by atoms with Crippen LogP contribution in [0.1, 0.15) is 5.56 Å². The molecule has 0 atom stereocenters. The van der Waals surface area contributed by atoms with Crippen LogP contribution >= 0.6 is 0 Å². The van der Waals surface area contributed by atoms with Crippen LogP contribution in [0.5, 0.6) is 5.75 Å². The maximum atomic E-state index is 9.56. The molecule has 6 rings (SSSR count). The summed E-state index contributed by atoms with van der Waals surface area (Å²) in [5.41, 5.74) is 3.65. The third kappa shape index (κ3) is 4.88. The number of hydrogen-bond donors (Lipinski definition) is 2. The molecule has 0 bridgehead atoms. The quantitative estimate of drug-likeness (QED) is 0.353. The predicted octanol–water partition coefficient (Wildman–Crippen LogP) is 3.90. The maximum absolute atomic E-state index is 9.56. The molecule has 3 aromatic heterocycles. The number of aromatic nitrogens is 5. The number of phenols is 1. The van der Waals surface area contributed by atoms with Crippen molar-refractivity contribution < 1.29 is 5.11 Å². The van der Waals surface area contributed by atoms with Gasteiger partial charge < -0.3 is 20.2 Å². The molecule has 186 valence electrons. The Kier molecular flexibility index (Phi) is 6.24. The monoisotopic (exact) mass is 492 g/mol. The average molecular weight is 493 g/mol. The maximum Gasteiger partial charge on any atom is 0.229 e. The van der Waals surface area contributed by atoms with Crippen molar-refractivity contribution in [1.82, 2.24) is 24.5 Å². The van der Waals surface area contributed by atoms with Crippen LogP contribution in [0.25, 0.3) is 16.9 Å². The average Bonchev–Trinajstić information content (AvgIpc) is 3.39. The SMILES string of the molecule is Oc1ccc(CCNc2nc(N3CCN(c4ccccn4)CC3)nc3c2ncn3-c2ccccc2)cc1. The van der Waals surface area contributed by atoms with Crippen LogP contribution in [0.15, 0.2) is 85.3 Å². The summed E-state index contributed by atoms with van der Waals surface area (Å²) < 4.78 is 2.01. The Bertz CT molecular complexity index is 1460. The second-order valence-electron chi connectivity index (χ2n) is 9.00. The lowest BCUT2D eigenvalue weighted by Gasteiger charge is -2.35. The number of pyridine rings is 1. The Morgan fingerprint density at radius 2 is 1.54 bits per heavy atom. The highest BCUT2D eigenvalue weighted by Gasteiger charge is 2.23. The molecule has 37 heavy (non-hydrogen) atoms. The predicted molar refractivity (Wildman–Crippen MR) is 146 cm³/mol. The highest BCUT2D eigenvalue weighted by Crippen LogP contribution is 2.26. The van der Waals surface area contributed by atoms with Crippen LogP contribution in [0.2, 0.25) is 0 Å². The lowest BCUT2D eigenvalue weighted by Crippen LogP contribution is -2.47. The molecule has 0 saturated carbocycles. The summed E-state index contributed by atoms with van der Waals surface area (Å²) in [6.45, 7) is 3.98. The van der Waals surface area contributed by atoms with Gasteiger partial charge in [-0.15, -0.1) is 0 Å². The first-order valence-corrected chi connectivity index (χ1v) is 12.5. The van der Waals surface area contributed by atoms with Crippen LogP contribution in [0.3, 0.4) is 0 Å². The van der Waals surface area contributed by atoms with Crippen LogP contribution in [-0.4, -0.2) is 62.3 Å². The van der Waals surface area contributed by atoms with Crippen molar-refractivity contribution in [3.05, 3.63) is 90.9 Å². The van der Waals surface area contributed by atoms with Crippen molar-refractivity contribution in [2.45, 2.75) is 6.42 Å². The van der Waals surface area contributed by atoms with Gasteiger partial charge in [-0.25, -0.2) is 9.97 Å². The number of nitrogens with zero attached hydrogens (tertiary/aromatic N) is 7. The topological polar surface area (TPSA) is 95.2 Å². The fourth-order valence-electron chi connectivity index (χ4n) is 4.59. The van der Waals surface area contributed by atoms with E-state index >= 15 is 0 Å². The molecule has 9 heteroatoms. The van der Waals surface area contributed by atoms with E-state index in [0.29, 0.717) is 12.5 Å². The highest BCUT2D eigenvalue weighted by molar-refractivity contribution is 5.85. The van der Waals surface area contributed by atoms with Gasteiger partial charge in [0.25, 0.3) is 0 Å². The number of aromatic hydroxyl groups is 1. The minimum absolute atomic E-state index is 0.272. The Balaban J connectivity index is 1.28. The number of para-hydroxylation sites is 1. The van der Waals surface area contributed by atoms with Crippen LogP contribution in [0.4, 0.5) is 17.6 Å². The number of piperazine rings is 1. The highest BCUT2D eigenvalue weighted by atomic mass is 16.3. The van der Waals surface area contributed by atoms with E-state index in [9.17, 15) is 5.11 Å². The van der Waals surface area contributed by atoms with Crippen molar-refractivity contribution in [2.24, 2.45) is 0 Å². The normalized spacial score (nSPS) is 13.7. The van der Waals surface area contributed by atoms with E-state index in [-0.39, 0.29) is 5.75 Å². The molecule has 0 aliphatic carbocycles. The van der Waals surface area contributed by atoms with Crippen molar-refractivity contribution in [2.75, 3.05) is 47.8 Å². The van der Waals surface area contributed by atoms with Crippen LogP contribution in [0, 0.1) is 0 Å². The largest absolute Gasteiger partial charge is 0.508 e. The second kappa shape index (κ2) is 10.1. The molecule has 0 amide bonds. The van der Waals surface area contributed by atoms with Gasteiger partial charge in [0, 0.05) is 44.6 Å². The van der Waals surface area contributed by atoms with Crippen molar-refractivity contribution in [3.8, 4) is 11.4 Å². The third-order valence-electron chi connectivity index (χ3n) is 6.60. The Hall–Kier alpha value is -4.66. The number of benzene rings is 2. The summed E-state index contributed by atoms with van der Waals surface area (Å²) in [6.07, 6.45) is 4.44. The van der Waals surface area contributed by atoms with Crippen LogP contribution in [-0.2, 0) is 6.42 Å². The van der Waals surface area contributed by atoms with Gasteiger partial charge in [0.2, 0.25) is 5.95 Å². The van der Waals surface area contributed by atoms with E-state index in [4.69, 9.17) is 9.97 Å². The van der Waals surface area contributed by atoms with Crippen LogP contribution < -0.4 is 15.1 Å². The van der Waals surface area contributed by atoms with Crippen molar-refractivity contribution in [1.29, 1.82) is 0 Å². The molecular formula is C28H28N8O. The van der Waals surface area contributed by atoms with Crippen molar-refractivity contribution in [3.63, 3.8) is 0 Å². The molecule has 2 aromatic carbocycles. The number of nitrogens with one attached hydrogen (secondary N) is 1. The molecule has 0 radical (unpaired) electrons. The van der Waals surface area contributed by atoms with E-state index in [1.807, 2.05) is 77.8 Å². The number of rotatable bonds is 7. The molecule has 1 fully saturated rings. The van der Waals surface area contributed by atoms with Gasteiger partial charge in [0.05, 0.1) is 0 Å². The van der Waals surface area contributed by atoms with Gasteiger partial charge in [-0.05, 0) is 48.4 Å². The summed E-state index contributed by atoms with van der Waals surface area (Å²) in [7, 11) is 0. The molecule has 0 spiro atoms. The van der Waals surface area contributed by atoms with Gasteiger partial charge in [-0.2, -0.15) is 9.97 Å². The van der Waals surface area contributed by atoms with Gasteiger partial charge in [-0.3, -0.25) is 4.57 Å². The van der Waals surface area contributed by atoms with Gasteiger partial charge in [0.1, 0.15) is 17.9 Å². The molecule has 5 aromatic rings. The molecular weight excluding hydrogens is 464 g/mol. The number of hydrogen-bond acceptors (Lipinski definition) is 8. The first kappa shape index (κ1) is 22.8.